The number of hydrogen-bond donors (Lipinski definition) is 2. The van der Waals surface area contributed by atoms with E-state index in [2.05, 4.69) is 31.5 Å². The summed E-state index contributed by atoms with van der Waals surface area (Å²) in [6.45, 7) is 0. The molecular weight excluding hydrogens is 246 g/mol. The molecule has 1 aliphatic rings. The molecule has 0 bridgehead atoms. The van der Waals surface area contributed by atoms with E-state index in [1.807, 2.05) is 0 Å². The number of carbonyl (C=O) groups excluding carboxylic acids is 1. The van der Waals surface area contributed by atoms with E-state index in [9.17, 15) is 4.79 Å². The minimum atomic E-state index is -0.156. The van der Waals surface area contributed by atoms with Crippen LogP contribution in [-0.4, -0.2) is 17.1 Å². The van der Waals surface area contributed by atoms with Gasteiger partial charge in [0, 0.05) is 6.04 Å². The Morgan fingerprint density at radius 1 is 1.50 bits per heavy atom. The molecule has 0 aliphatic heterocycles. The molecule has 1 aromatic heterocycles. The third-order valence-electron chi connectivity index (χ3n) is 1.90. The number of hydrogen-bond acceptors (Lipinski definition) is 2. The lowest BCUT2D eigenvalue weighted by molar-refractivity contribution is 0.251. The summed E-state index contributed by atoms with van der Waals surface area (Å²) in [6, 6.07) is 3.80. The van der Waals surface area contributed by atoms with Gasteiger partial charge in [0.2, 0.25) is 0 Å². The maximum Gasteiger partial charge on any atom is 0.319 e. The third-order valence-corrected chi connectivity index (χ3v) is 2.37. The van der Waals surface area contributed by atoms with Gasteiger partial charge in [-0.2, -0.15) is 0 Å². The summed E-state index contributed by atoms with van der Waals surface area (Å²) in [4.78, 5) is 15.3. The van der Waals surface area contributed by atoms with Crippen molar-refractivity contribution in [1.82, 2.24) is 10.3 Å². The van der Waals surface area contributed by atoms with E-state index >= 15 is 0 Å². The topological polar surface area (TPSA) is 54.0 Å². The molecule has 14 heavy (non-hydrogen) atoms. The molecule has 5 heteroatoms. The van der Waals surface area contributed by atoms with Crippen LogP contribution in [0.4, 0.5) is 10.5 Å². The molecule has 0 spiro atoms. The number of carbonyl (C=O) groups is 1. The predicted octanol–water partition coefficient (Wildman–Crippen LogP) is 2.13. The smallest absolute Gasteiger partial charge is 0.319 e. The Morgan fingerprint density at radius 2 is 2.29 bits per heavy atom. The van der Waals surface area contributed by atoms with Gasteiger partial charge in [-0.1, -0.05) is 0 Å². The van der Waals surface area contributed by atoms with Gasteiger partial charge in [-0.25, -0.2) is 9.78 Å². The van der Waals surface area contributed by atoms with Crippen molar-refractivity contribution in [3.8, 4) is 0 Å². The van der Waals surface area contributed by atoms with Crippen molar-refractivity contribution in [2.75, 3.05) is 5.32 Å². The average Bonchev–Trinajstić information content (AvgIpc) is 2.93. The highest BCUT2D eigenvalue weighted by atomic mass is 79.9. The molecule has 1 fully saturated rings. The largest absolute Gasteiger partial charge is 0.335 e. The van der Waals surface area contributed by atoms with E-state index in [4.69, 9.17) is 0 Å². The Bertz CT molecular complexity index is 334. The fourth-order valence-electron chi connectivity index (χ4n) is 1.03. The first-order chi connectivity index (χ1) is 6.74. The number of anilines is 1. The van der Waals surface area contributed by atoms with Crippen molar-refractivity contribution in [2.24, 2.45) is 0 Å². The summed E-state index contributed by atoms with van der Waals surface area (Å²) < 4.78 is 0.755. The fourth-order valence-corrected chi connectivity index (χ4v) is 1.26. The first-order valence-electron chi connectivity index (χ1n) is 4.43. The highest BCUT2D eigenvalue weighted by Crippen LogP contribution is 2.18. The van der Waals surface area contributed by atoms with E-state index in [1.165, 1.54) is 0 Å². The minimum Gasteiger partial charge on any atom is -0.335 e. The maximum atomic E-state index is 11.3. The lowest BCUT2D eigenvalue weighted by Crippen LogP contribution is -2.30. The second kappa shape index (κ2) is 3.96. The summed E-state index contributed by atoms with van der Waals surface area (Å²) in [5, 5.41) is 5.53. The van der Waals surface area contributed by atoms with Gasteiger partial charge in [-0.3, -0.25) is 0 Å². The van der Waals surface area contributed by atoms with Crippen LogP contribution < -0.4 is 10.6 Å². The lowest BCUT2D eigenvalue weighted by atomic mass is 10.4. The highest BCUT2D eigenvalue weighted by Gasteiger charge is 2.23. The summed E-state index contributed by atoms with van der Waals surface area (Å²) in [6.07, 6.45) is 3.79. The average molecular weight is 256 g/mol. The predicted molar refractivity (Wildman–Crippen MR) is 57.1 cm³/mol. The quantitative estimate of drug-likeness (QED) is 0.796. The van der Waals surface area contributed by atoms with Gasteiger partial charge in [0.1, 0.15) is 4.60 Å². The molecule has 2 amide bonds. The Hall–Kier alpha value is -1.10. The van der Waals surface area contributed by atoms with E-state index in [0.717, 1.165) is 17.4 Å². The standard InChI is InChI=1S/C9H10BrN3O/c10-8-4-3-7(5-11-8)13-9(14)12-6-1-2-6/h3-6H,1-2H2,(H2,12,13,14). The van der Waals surface area contributed by atoms with Gasteiger partial charge >= 0.3 is 6.03 Å². The maximum absolute atomic E-state index is 11.3. The SMILES string of the molecule is O=C(Nc1ccc(Br)nc1)NC1CC1. The third kappa shape index (κ3) is 2.70. The van der Waals surface area contributed by atoms with Crippen LogP contribution in [0.2, 0.25) is 0 Å². The summed E-state index contributed by atoms with van der Waals surface area (Å²) >= 11 is 3.22. The molecule has 0 atom stereocenters. The molecule has 2 rings (SSSR count). The van der Waals surface area contributed by atoms with E-state index in [1.54, 1.807) is 18.3 Å². The molecule has 1 aromatic rings. The number of amides is 2. The van der Waals surface area contributed by atoms with Crippen LogP contribution in [0.1, 0.15) is 12.8 Å². The molecular formula is C9H10BrN3O. The van der Waals surface area contributed by atoms with Gasteiger partial charge in [0.25, 0.3) is 0 Å². The van der Waals surface area contributed by atoms with Crippen molar-refractivity contribution in [2.45, 2.75) is 18.9 Å². The first kappa shape index (κ1) is 9.45. The van der Waals surface area contributed by atoms with Gasteiger partial charge in [-0.15, -0.1) is 0 Å². The zero-order valence-corrected chi connectivity index (χ0v) is 9.04. The monoisotopic (exact) mass is 255 g/mol. The van der Waals surface area contributed by atoms with Crippen LogP contribution in [0.15, 0.2) is 22.9 Å². The molecule has 0 saturated heterocycles. The van der Waals surface area contributed by atoms with Crippen molar-refractivity contribution in [3.05, 3.63) is 22.9 Å². The highest BCUT2D eigenvalue weighted by molar-refractivity contribution is 9.10. The van der Waals surface area contributed by atoms with Crippen LogP contribution in [0.5, 0.6) is 0 Å². The molecule has 74 valence electrons. The zero-order chi connectivity index (χ0) is 9.97. The van der Waals surface area contributed by atoms with Gasteiger partial charge in [-0.05, 0) is 40.9 Å². The second-order valence-electron chi connectivity index (χ2n) is 3.24. The van der Waals surface area contributed by atoms with E-state index in [-0.39, 0.29) is 6.03 Å². The van der Waals surface area contributed by atoms with Crippen molar-refractivity contribution < 1.29 is 4.79 Å². The van der Waals surface area contributed by atoms with Crippen molar-refractivity contribution in [3.63, 3.8) is 0 Å². The molecule has 1 heterocycles. The van der Waals surface area contributed by atoms with E-state index in [0.29, 0.717) is 11.7 Å². The number of rotatable bonds is 2. The second-order valence-corrected chi connectivity index (χ2v) is 4.05. The van der Waals surface area contributed by atoms with E-state index < -0.39 is 0 Å². The lowest BCUT2D eigenvalue weighted by Gasteiger charge is -2.05. The number of urea groups is 1. The number of nitrogens with one attached hydrogen (secondary N) is 2. The Kier molecular flexibility index (Phi) is 2.67. The molecule has 1 aliphatic carbocycles. The molecule has 4 nitrogen and oxygen atoms in total. The van der Waals surface area contributed by atoms with Crippen LogP contribution in [0.25, 0.3) is 0 Å². The van der Waals surface area contributed by atoms with Crippen LogP contribution in [-0.2, 0) is 0 Å². The van der Waals surface area contributed by atoms with Crippen molar-refractivity contribution in [1.29, 1.82) is 0 Å². The molecule has 0 unspecified atom stereocenters. The van der Waals surface area contributed by atoms with Crippen molar-refractivity contribution >= 4 is 27.6 Å². The number of aromatic nitrogens is 1. The van der Waals surface area contributed by atoms with Crippen LogP contribution in [0, 0.1) is 0 Å². The van der Waals surface area contributed by atoms with Gasteiger partial charge in [0.05, 0.1) is 11.9 Å². The zero-order valence-electron chi connectivity index (χ0n) is 7.46. The molecule has 0 aromatic carbocycles. The Labute approximate surface area is 90.2 Å². The van der Waals surface area contributed by atoms with Gasteiger partial charge in [0.15, 0.2) is 0 Å². The first-order valence-corrected chi connectivity index (χ1v) is 5.22. The summed E-state index contributed by atoms with van der Waals surface area (Å²) in [5.41, 5.74) is 0.700. The molecule has 0 radical (unpaired) electrons. The number of nitrogens with zero attached hydrogens (tertiary/aromatic N) is 1. The Morgan fingerprint density at radius 3 is 2.86 bits per heavy atom. The van der Waals surface area contributed by atoms with Crippen LogP contribution in [0.3, 0.4) is 0 Å². The minimum absolute atomic E-state index is 0.156. The summed E-state index contributed by atoms with van der Waals surface area (Å²) in [7, 11) is 0. The normalized spacial score (nSPS) is 14.9. The number of halogens is 1. The van der Waals surface area contributed by atoms with Crippen LogP contribution >= 0.6 is 15.9 Å². The molecule has 2 N–H and O–H groups in total. The summed E-state index contributed by atoms with van der Waals surface area (Å²) in [5.74, 6) is 0. The van der Waals surface area contributed by atoms with Gasteiger partial charge < -0.3 is 10.6 Å². The number of pyridine rings is 1. The Balaban J connectivity index is 1.89. The molecule has 1 saturated carbocycles. The fraction of sp³-hybridized carbons (Fsp3) is 0.333.